The molecule has 0 saturated carbocycles. The fraction of sp³-hybridized carbons (Fsp3) is 1.00. The fourth-order valence-electron chi connectivity index (χ4n) is 1.71. The van der Waals surface area contributed by atoms with Crippen molar-refractivity contribution in [3.63, 3.8) is 0 Å². The van der Waals surface area contributed by atoms with Gasteiger partial charge in [-0.15, -0.1) is 0 Å². The second-order valence-corrected chi connectivity index (χ2v) is 4.95. The van der Waals surface area contributed by atoms with Gasteiger partial charge in [0.25, 0.3) is 0 Å². The van der Waals surface area contributed by atoms with Gasteiger partial charge in [-0.3, -0.25) is 4.90 Å². The fourth-order valence-corrected chi connectivity index (χ4v) is 2.38. The molecule has 0 bridgehead atoms. The van der Waals surface area contributed by atoms with E-state index < -0.39 is 0 Å². The van der Waals surface area contributed by atoms with Gasteiger partial charge >= 0.3 is 0 Å². The second-order valence-electron chi connectivity index (χ2n) is 3.56. The molecule has 13 heavy (non-hydrogen) atoms. The summed E-state index contributed by atoms with van der Waals surface area (Å²) >= 11 is 2.05. The Labute approximate surface area is 86.5 Å². The van der Waals surface area contributed by atoms with Crippen molar-refractivity contribution < 1.29 is 0 Å². The summed E-state index contributed by atoms with van der Waals surface area (Å²) < 4.78 is 0. The van der Waals surface area contributed by atoms with Gasteiger partial charge in [0.05, 0.1) is 0 Å². The minimum absolute atomic E-state index is 0.736. The molecule has 0 aromatic heterocycles. The first kappa shape index (κ1) is 11.3. The molecule has 3 heteroatoms. The van der Waals surface area contributed by atoms with E-state index in [4.69, 9.17) is 0 Å². The van der Waals surface area contributed by atoms with E-state index in [-0.39, 0.29) is 0 Å². The van der Waals surface area contributed by atoms with E-state index in [1.165, 1.54) is 44.1 Å². The van der Waals surface area contributed by atoms with Gasteiger partial charge in [0, 0.05) is 38.0 Å². The molecule has 1 unspecified atom stereocenters. The van der Waals surface area contributed by atoms with Gasteiger partial charge in [0.1, 0.15) is 0 Å². The van der Waals surface area contributed by atoms with Crippen molar-refractivity contribution in [2.24, 2.45) is 0 Å². The maximum absolute atomic E-state index is 3.54. The number of nitrogens with one attached hydrogen (secondary N) is 1. The summed E-state index contributed by atoms with van der Waals surface area (Å²) in [5, 5.41) is 3.54. The minimum Gasteiger partial charge on any atom is -0.311 e. The number of piperazine rings is 1. The second kappa shape index (κ2) is 6.68. The van der Waals surface area contributed by atoms with Gasteiger partial charge in [0.15, 0.2) is 0 Å². The van der Waals surface area contributed by atoms with E-state index in [1.54, 1.807) is 0 Å². The van der Waals surface area contributed by atoms with E-state index >= 15 is 0 Å². The normalized spacial score (nSPS) is 24.9. The summed E-state index contributed by atoms with van der Waals surface area (Å²) in [4.78, 5) is 2.59. The molecular formula is C10H22N2S. The number of rotatable bonds is 5. The molecule has 2 nitrogen and oxygen atoms in total. The van der Waals surface area contributed by atoms with Crippen molar-refractivity contribution in [2.45, 2.75) is 26.3 Å². The molecule has 1 N–H and O–H groups in total. The predicted molar refractivity (Wildman–Crippen MR) is 61.5 cm³/mol. The van der Waals surface area contributed by atoms with Crippen molar-refractivity contribution in [3.05, 3.63) is 0 Å². The average molecular weight is 202 g/mol. The minimum atomic E-state index is 0.736. The largest absolute Gasteiger partial charge is 0.311 e. The smallest absolute Gasteiger partial charge is 0.0192 e. The van der Waals surface area contributed by atoms with Crippen LogP contribution in [0.3, 0.4) is 0 Å². The molecule has 1 fully saturated rings. The summed E-state index contributed by atoms with van der Waals surface area (Å²) in [6.45, 7) is 9.44. The Morgan fingerprint density at radius 2 is 2.31 bits per heavy atom. The average Bonchev–Trinajstić information content (AvgIpc) is 2.19. The van der Waals surface area contributed by atoms with Gasteiger partial charge in [-0.1, -0.05) is 13.8 Å². The summed E-state index contributed by atoms with van der Waals surface area (Å²) in [7, 11) is 0. The molecular weight excluding hydrogens is 180 g/mol. The third-order valence-corrected chi connectivity index (χ3v) is 3.47. The SMILES string of the molecule is CCSCCN1CCNC(CC)C1. The molecule has 78 valence electrons. The van der Waals surface area contributed by atoms with Gasteiger partial charge in [-0.25, -0.2) is 0 Å². The number of thioether (sulfide) groups is 1. The zero-order valence-electron chi connectivity index (χ0n) is 8.88. The van der Waals surface area contributed by atoms with Crippen LogP contribution in [-0.2, 0) is 0 Å². The van der Waals surface area contributed by atoms with Crippen molar-refractivity contribution in [3.8, 4) is 0 Å². The van der Waals surface area contributed by atoms with E-state index in [0.717, 1.165) is 6.04 Å². The van der Waals surface area contributed by atoms with Crippen LogP contribution in [0.25, 0.3) is 0 Å². The zero-order valence-corrected chi connectivity index (χ0v) is 9.70. The number of hydrogen-bond acceptors (Lipinski definition) is 3. The zero-order chi connectivity index (χ0) is 9.52. The lowest BCUT2D eigenvalue weighted by Crippen LogP contribution is -2.50. The highest BCUT2D eigenvalue weighted by Gasteiger charge is 2.16. The van der Waals surface area contributed by atoms with Crippen molar-refractivity contribution >= 4 is 11.8 Å². The summed E-state index contributed by atoms with van der Waals surface area (Å²) in [6.07, 6.45) is 1.26. The highest BCUT2D eigenvalue weighted by molar-refractivity contribution is 7.99. The summed E-state index contributed by atoms with van der Waals surface area (Å²) in [6, 6.07) is 0.736. The lowest BCUT2D eigenvalue weighted by atomic mass is 10.1. The van der Waals surface area contributed by atoms with E-state index in [9.17, 15) is 0 Å². The summed E-state index contributed by atoms with van der Waals surface area (Å²) in [5.74, 6) is 2.55. The Morgan fingerprint density at radius 3 is 3.00 bits per heavy atom. The monoisotopic (exact) mass is 202 g/mol. The molecule has 0 aromatic rings. The van der Waals surface area contributed by atoms with Crippen LogP contribution >= 0.6 is 11.8 Å². The molecule has 1 rings (SSSR count). The first-order valence-electron chi connectivity index (χ1n) is 5.40. The lowest BCUT2D eigenvalue weighted by Gasteiger charge is -2.33. The standard InChI is InChI=1S/C10H22N2S/c1-3-10-9-12(6-5-11-10)7-8-13-4-2/h10-11H,3-9H2,1-2H3. The highest BCUT2D eigenvalue weighted by atomic mass is 32.2. The van der Waals surface area contributed by atoms with Gasteiger partial charge in [-0.05, 0) is 12.2 Å². The Kier molecular flexibility index (Phi) is 5.83. The quantitative estimate of drug-likeness (QED) is 0.679. The third-order valence-electron chi connectivity index (χ3n) is 2.59. The van der Waals surface area contributed by atoms with E-state index in [1.807, 2.05) is 11.8 Å². The van der Waals surface area contributed by atoms with Crippen molar-refractivity contribution in [1.29, 1.82) is 0 Å². The van der Waals surface area contributed by atoms with Crippen LogP contribution in [0.2, 0.25) is 0 Å². The lowest BCUT2D eigenvalue weighted by molar-refractivity contribution is 0.207. The molecule has 1 saturated heterocycles. The Bertz CT molecular complexity index is 130. The molecule has 0 aromatic carbocycles. The molecule has 1 aliphatic rings. The molecule has 1 aliphatic heterocycles. The Hall–Kier alpha value is 0.270. The number of hydrogen-bond donors (Lipinski definition) is 1. The van der Waals surface area contributed by atoms with E-state index in [2.05, 4.69) is 24.1 Å². The van der Waals surface area contributed by atoms with Crippen molar-refractivity contribution in [1.82, 2.24) is 10.2 Å². The number of nitrogens with zero attached hydrogens (tertiary/aromatic N) is 1. The van der Waals surface area contributed by atoms with Gasteiger partial charge in [-0.2, -0.15) is 11.8 Å². The van der Waals surface area contributed by atoms with Crippen LogP contribution < -0.4 is 5.32 Å². The highest BCUT2D eigenvalue weighted by Crippen LogP contribution is 2.05. The molecule has 0 radical (unpaired) electrons. The van der Waals surface area contributed by atoms with Crippen LogP contribution in [0.5, 0.6) is 0 Å². The first-order chi connectivity index (χ1) is 6.36. The van der Waals surface area contributed by atoms with Crippen LogP contribution in [-0.4, -0.2) is 48.6 Å². The van der Waals surface area contributed by atoms with Crippen LogP contribution in [0.15, 0.2) is 0 Å². The molecule has 0 amide bonds. The van der Waals surface area contributed by atoms with Gasteiger partial charge < -0.3 is 5.32 Å². The maximum Gasteiger partial charge on any atom is 0.0192 e. The molecule has 0 spiro atoms. The molecule has 1 atom stereocenters. The van der Waals surface area contributed by atoms with Crippen LogP contribution in [0.4, 0.5) is 0 Å². The Balaban J connectivity index is 2.11. The molecule has 0 aliphatic carbocycles. The maximum atomic E-state index is 3.54. The topological polar surface area (TPSA) is 15.3 Å². The third kappa shape index (κ3) is 4.34. The van der Waals surface area contributed by atoms with Gasteiger partial charge in [0.2, 0.25) is 0 Å². The van der Waals surface area contributed by atoms with Crippen molar-refractivity contribution in [2.75, 3.05) is 37.7 Å². The van der Waals surface area contributed by atoms with E-state index in [0.29, 0.717) is 0 Å². The summed E-state index contributed by atoms with van der Waals surface area (Å²) in [5.41, 5.74) is 0. The van der Waals surface area contributed by atoms with Crippen LogP contribution in [0.1, 0.15) is 20.3 Å². The Morgan fingerprint density at radius 1 is 1.46 bits per heavy atom. The predicted octanol–water partition coefficient (Wildman–Crippen LogP) is 1.42. The molecule has 1 heterocycles. The van der Waals surface area contributed by atoms with Crippen LogP contribution in [0, 0.1) is 0 Å². The first-order valence-corrected chi connectivity index (χ1v) is 6.55.